The highest BCUT2D eigenvalue weighted by Gasteiger charge is 2.15. The molecule has 0 saturated carbocycles. The molecule has 2 heterocycles. The zero-order valence-corrected chi connectivity index (χ0v) is 17.8. The minimum absolute atomic E-state index is 0.00431. The Morgan fingerprint density at radius 3 is 2.79 bits per heavy atom. The molecule has 2 aliphatic rings. The van der Waals surface area contributed by atoms with Crippen LogP contribution in [-0.2, 0) is 0 Å². The lowest BCUT2D eigenvalue weighted by Crippen LogP contribution is -2.31. The van der Waals surface area contributed by atoms with Gasteiger partial charge in [-0.1, -0.05) is 29.3 Å². The first-order chi connectivity index (χ1) is 14.0. The standard InChI is InChI=1S/C21H29ClN6O/c1-15-14-17(20(23)19(22)21(15)29)25-16(2)18-8-4-7-12-28(18)26-24-9-13-27-10-5-3-6-11-27/h4,7-8,12,14,25,29H,3,5-6,9-11,13,23H2,1-2H3/b18-16+,26-24?. The molecule has 1 saturated heterocycles. The molecule has 0 radical (unpaired) electrons. The number of rotatable bonds is 6. The van der Waals surface area contributed by atoms with Crippen molar-refractivity contribution < 1.29 is 5.11 Å². The molecule has 156 valence electrons. The summed E-state index contributed by atoms with van der Waals surface area (Å²) in [5.41, 5.74) is 9.36. The summed E-state index contributed by atoms with van der Waals surface area (Å²) in [4.78, 5) is 2.44. The fourth-order valence-electron chi connectivity index (χ4n) is 3.44. The summed E-state index contributed by atoms with van der Waals surface area (Å²) in [5.74, 6) is 0.00431. The van der Waals surface area contributed by atoms with E-state index in [-0.39, 0.29) is 10.8 Å². The summed E-state index contributed by atoms with van der Waals surface area (Å²) in [5, 5.41) is 23.9. The van der Waals surface area contributed by atoms with Crippen LogP contribution in [0.15, 0.2) is 52.2 Å². The molecular formula is C21H29ClN6O. The Bertz CT molecular complexity index is 855. The lowest BCUT2D eigenvalue weighted by molar-refractivity contribution is 0.233. The summed E-state index contributed by atoms with van der Waals surface area (Å²) >= 11 is 6.13. The predicted molar refractivity (Wildman–Crippen MR) is 119 cm³/mol. The Kier molecular flexibility index (Phi) is 7.17. The molecule has 7 nitrogen and oxygen atoms in total. The summed E-state index contributed by atoms with van der Waals surface area (Å²) in [6, 6.07) is 1.77. The number of allylic oxidation sites excluding steroid dienone is 4. The van der Waals surface area contributed by atoms with Gasteiger partial charge in [0.15, 0.2) is 0 Å². The van der Waals surface area contributed by atoms with E-state index in [4.69, 9.17) is 17.3 Å². The number of nitrogens with two attached hydrogens (primary N) is 1. The number of likely N-dealkylation sites (tertiary alicyclic amines) is 1. The molecule has 0 aromatic heterocycles. The fraction of sp³-hybridized carbons (Fsp3) is 0.429. The molecule has 4 N–H and O–H groups in total. The summed E-state index contributed by atoms with van der Waals surface area (Å²) in [6.07, 6.45) is 11.6. The first-order valence-corrected chi connectivity index (χ1v) is 10.3. The van der Waals surface area contributed by atoms with Crippen molar-refractivity contribution in [1.29, 1.82) is 0 Å². The zero-order chi connectivity index (χ0) is 20.8. The van der Waals surface area contributed by atoms with E-state index >= 15 is 0 Å². The second kappa shape index (κ2) is 9.80. The molecule has 0 atom stereocenters. The SMILES string of the molecule is C/C(Nc1cc(C)c(O)c(Cl)c1N)=C1/C=CC=CN1N=NCCN1CCCCC1. The van der Waals surface area contributed by atoms with Crippen molar-refractivity contribution in [2.75, 3.05) is 37.2 Å². The Labute approximate surface area is 177 Å². The molecule has 3 rings (SSSR count). The Morgan fingerprint density at radius 2 is 2.03 bits per heavy atom. The maximum atomic E-state index is 9.94. The number of piperidine rings is 1. The van der Waals surface area contributed by atoms with Gasteiger partial charge in [0.25, 0.3) is 0 Å². The minimum atomic E-state index is 0.00431. The van der Waals surface area contributed by atoms with Crippen molar-refractivity contribution in [2.45, 2.75) is 33.1 Å². The van der Waals surface area contributed by atoms with Crippen LogP contribution in [0.2, 0.25) is 5.02 Å². The van der Waals surface area contributed by atoms with Gasteiger partial charge >= 0.3 is 0 Å². The van der Waals surface area contributed by atoms with E-state index in [1.165, 1.54) is 19.3 Å². The quantitative estimate of drug-likeness (QED) is 0.351. The predicted octanol–water partition coefficient (Wildman–Crippen LogP) is 4.82. The molecule has 0 aliphatic carbocycles. The van der Waals surface area contributed by atoms with Crippen LogP contribution in [0.4, 0.5) is 11.4 Å². The van der Waals surface area contributed by atoms with Gasteiger partial charge in [0.05, 0.1) is 23.6 Å². The molecule has 29 heavy (non-hydrogen) atoms. The van der Waals surface area contributed by atoms with Gasteiger partial charge in [-0.3, -0.25) is 0 Å². The van der Waals surface area contributed by atoms with E-state index in [9.17, 15) is 5.11 Å². The zero-order valence-electron chi connectivity index (χ0n) is 17.0. The maximum absolute atomic E-state index is 9.94. The van der Waals surface area contributed by atoms with Crippen LogP contribution in [0.1, 0.15) is 31.7 Å². The van der Waals surface area contributed by atoms with E-state index < -0.39 is 0 Å². The van der Waals surface area contributed by atoms with E-state index in [2.05, 4.69) is 20.6 Å². The molecule has 8 heteroatoms. The lowest BCUT2D eigenvalue weighted by Gasteiger charge is -2.25. The molecule has 1 aromatic carbocycles. The van der Waals surface area contributed by atoms with Crippen molar-refractivity contribution in [3.63, 3.8) is 0 Å². The third kappa shape index (κ3) is 5.31. The number of benzene rings is 1. The number of nitrogens with zero attached hydrogens (tertiary/aromatic N) is 4. The molecule has 2 aliphatic heterocycles. The molecule has 0 unspecified atom stereocenters. The third-order valence-electron chi connectivity index (χ3n) is 5.14. The number of aryl methyl sites for hydroxylation is 1. The first-order valence-electron chi connectivity index (χ1n) is 9.96. The highest BCUT2D eigenvalue weighted by atomic mass is 35.5. The Hall–Kier alpha value is -2.51. The number of nitrogen functional groups attached to an aromatic ring is 1. The van der Waals surface area contributed by atoms with Gasteiger partial charge in [-0.15, -0.1) is 0 Å². The van der Waals surface area contributed by atoms with Crippen LogP contribution in [0.5, 0.6) is 5.75 Å². The van der Waals surface area contributed by atoms with E-state index in [1.54, 1.807) is 18.0 Å². The Balaban J connectivity index is 1.69. The van der Waals surface area contributed by atoms with Gasteiger partial charge in [0.2, 0.25) is 0 Å². The highest BCUT2D eigenvalue weighted by Crippen LogP contribution is 2.38. The van der Waals surface area contributed by atoms with Crippen LogP contribution in [0.3, 0.4) is 0 Å². The second-order valence-corrected chi connectivity index (χ2v) is 7.73. The summed E-state index contributed by atoms with van der Waals surface area (Å²) in [6.45, 7) is 7.64. The van der Waals surface area contributed by atoms with Crippen LogP contribution in [-0.4, -0.2) is 41.2 Å². The van der Waals surface area contributed by atoms with Crippen LogP contribution in [0.25, 0.3) is 0 Å². The normalized spacial score (nSPS) is 19.2. The minimum Gasteiger partial charge on any atom is -0.506 e. The number of phenolic OH excluding ortho intramolecular Hbond substituents is 1. The van der Waals surface area contributed by atoms with Gasteiger partial charge in [0.1, 0.15) is 10.8 Å². The average molecular weight is 417 g/mol. The smallest absolute Gasteiger partial charge is 0.139 e. The third-order valence-corrected chi connectivity index (χ3v) is 5.52. The lowest BCUT2D eigenvalue weighted by atomic mass is 10.1. The van der Waals surface area contributed by atoms with Crippen molar-refractivity contribution in [1.82, 2.24) is 9.91 Å². The molecule has 1 aromatic rings. The molecule has 0 bridgehead atoms. The van der Waals surface area contributed by atoms with Crippen molar-refractivity contribution >= 4 is 23.0 Å². The number of hydrogen-bond acceptors (Lipinski definition) is 6. The number of phenols is 1. The van der Waals surface area contributed by atoms with Crippen molar-refractivity contribution in [3.05, 3.63) is 52.5 Å². The summed E-state index contributed by atoms with van der Waals surface area (Å²) < 4.78 is 0. The van der Waals surface area contributed by atoms with Crippen LogP contribution in [0, 0.1) is 6.92 Å². The summed E-state index contributed by atoms with van der Waals surface area (Å²) in [7, 11) is 0. The monoisotopic (exact) mass is 416 g/mol. The number of halogens is 1. The number of anilines is 2. The first kappa shape index (κ1) is 21.2. The van der Waals surface area contributed by atoms with E-state index in [0.717, 1.165) is 31.0 Å². The van der Waals surface area contributed by atoms with Crippen molar-refractivity contribution in [3.8, 4) is 5.75 Å². The maximum Gasteiger partial charge on any atom is 0.139 e. The van der Waals surface area contributed by atoms with E-state index in [0.29, 0.717) is 23.5 Å². The fourth-order valence-corrected chi connectivity index (χ4v) is 3.69. The molecular weight excluding hydrogens is 388 g/mol. The average Bonchev–Trinajstić information content (AvgIpc) is 2.74. The van der Waals surface area contributed by atoms with Crippen molar-refractivity contribution in [2.24, 2.45) is 10.3 Å². The van der Waals surface area contributed by atoms with Gasteiger partial charge < -0.3 is 21.1 Å². The van der Waals surface area contributed by atoms with Crippen LogP contribution < -0.4 is 11.1 Å². The van der Waals surface area contributed by atoms with Gasteiger partial charge in [0, 0.05) is 18.4 Å². The molecule has 1 fully saturated rings. The molecule has 0 spiro atoms. The van der Waals surface area contributed by atoms with E-state index in [1.807, 2.05) is 31.4 Å². The Morgan fingerprint density at radius 1 is 1.28 bits per heavy atom. The van der Waals surface area contributed by atoms with Gasteiger partial charge in [-0.05, 0) is 63.6 Å². The van der Waals surface area contributed by atoms with Crippen LogP contribution >= 0.6 is 11.6 Å². The topological polar surface area (TPSA) is 89.5 Å². The highest BCUT2D eigenvalue weighted by molar-refractivity contribution is 6.35. The van der Waals surface area contributed by atoms with Gasteiger partial charge in [-0.2, -0.15) is 5.11 Å². The van der Waals surface area contributed by atoms with Gasteiger partial charge in [-0.25, -0.2) is 5.01 Å². The second-order valence-electron chi connectivity index (χ2n) is 7.35. The largest absolute Gasteiger partial charge is 0.506 e. The number of hydrogen-bond donors (Lipinski definition) is 3. The number of nitrogens with one attached hydrogen (secondary N) is 1. The number of aromatic hydroxyl groups is 1. The molecule has 0 amide bonds.